The predicted molar refractivity (Wildman–Crippen MR) is 72.0 cm³/mol. The molecule has 0 saturated carbocycles. The minimum atomic E-state index is -3.19. The molecule has 0 fully saturated rings. The van der Waals surface area contributed by atoms with Crippen LogP contribution in [0.5, 0.6) is 0 Å². The van der Waals surface area contributed by atoms with E-state index in [1.807, 2.05) is 27.7 Å². The average Bonchev–Trinajstić information content (AvgIpc) is 2.61. The molecular weight excluding hydrogens is 253 g/mol. The van der Waals surface area contributed by atoms with Crippen molar-refractivity contribution in [2.75, 3.05) is 12.4 Å². The van der Waals surface area contributed by atoms with Gasteiger partial charge in [0, 0.05) is 7.05 Å². The van der Waals surface area contributed by atoms with E-state index < -0.39 is 7.60 Å². The number of rotatable bonds is 7. The highest BCUT2D eigenvalue weighted by Crippen LogP contribution is 2.54. The van der Waals surface area contributed by atoms with Crippen molar-refractivity contribution < 1.29 is 18.0 Å². The second-order valence-corrected chi connectivity index (χ2v) is 6.54. The Hall–Kier alpha value is -0.770. The molecule has 0 bridgehead atoms. The molecule has 6 heteroatoms. The van der Waals surface area contributed by atoms with Crippen LogP contribution in [0.15, 0.2) is 16.7 Å². The van der Waals surface area contributed by atoms with Gasteiger partial charge < -0.3 is 18.8 Å². The van der Waals surface area contributed by atoms with Crippen LogP contribution in [0.2, 0.25) is 0 Å². The zero-order valence-electron chi connectivity index (χ0n) is 11.6. The summed E-state index contributed by atoms with van der Waals surface area (Å²) in [5.74, 6) is 0.585. The lowest BCUT2D eigenvalue weighted by molar-refractivity contribution is 0.140. The summed E-state index contributed by atoms with van der Waals surface area (Å²) in [5, 5.41) is 2.98. The molecule has 1 aromatic heterocycles. The zero-order chi connectivity index (χ0) is 13.8. The van der Waals surface area contributed by atoms with E-state index in [0.717, 1.165) is 5.69 Å². The lowest BCUT2D eigenvalue weighted by atomic mass is 10.4. The molecule has 0 amide bonds. The average molecular weight is 275 g/mol. The van der Waals surface area contributed by atoms with Gasteiger partial charge in [-0.05, 0) is 33.8 Å². The Morgan fingerprint density at radius 3 is 2.28 bits per heavy atom. The Kier molecular flexibility index (Phi) is 5.45. The van der Waals surface area contributed by atoms with Crippen molar-refractivity contribution in [2.45, 2.75) is 46.1 Å². The molecule has 0 unspecified atom stereocenters. The minimum Gasteiger partial charge on any atom is -0.466 e. The smallest absolute Gasteiger partial charge is 0.338 e. The third-order valence-electron chi connectivity index (χ3n) is 2.09. The number of anilines is 1. The van der Waals surface area contributed by atoms with E-state index in [4.69, 9.17) is 13.5 Å². The van der Waals surface area contributed by atoms with Gasteiger partial charge in [0.15, 0.2) is 0 Å². The highest BCUT2D eigenvalue weighted by molar-refractivity contribution is 7.53. The molecule has 0 saturated heterocycles. The fourth-order valence-electron chi connectivity index (χ4n) is 1.60. The van der Waals surface area contributed by atoms with Crippen LogP contribution in [-0.4, -0.2) is 19.3 Å². The molecule has 0 atom stereocenters. The highest BCUT2D eigenvalue weighted by atomic mass is 31.2. The molecule has 1 N–H and O–H groups in total. The fourth-order valence-corrected chi connectivity index (χ4v) is 3.68. The second-order valence-electron chi connectivity index (χ2n) is 4.58. The summed E-state index contributed by atoms with van der Waals surface area (Å²) < 4.78 is 28.9. The lowest BCUT2D eigenvalue weighted by Crippen LogP contribution is -2.09. The van der Waals surface area contributed by atoms with Crippen LogP contribution in [0.4, 0.5) is 5.69 Å². The van der Waals surface area contributed by atoms with Crippen LogP contribution < -0.4 is 5.32 Å². The van der Waals surface area contributed by atoms with Crippen molar-refractivity contribution in [1.29, 1.82) is 0 Å². The van der Waals surface area contributed by atoms with Crippen molar-refractivity contribution in [3.63, 3.8) is 0 Å². The molecule has 1 aromatic rings. The SMILES string of the molecule is CNc1ccoc1CP(=O)(OC(C)C)OC(C)C. The predicted octanol–water partition coefficient (Wildman–Crippen LogP) is 3.86. The Labute approximate surface area is 108 Å². The first-order valence-corrected chi connectivity index (χ1v) is 7.79. The second kappa shape index (κ2) is 6.41. The van der Waals surface area contributed by atoms with Crippen molar-refractivity contribution >= 4 is 13.3 Å². The molecular formula is C12H22NO4P. The fraction of sp³-hybridized carbons (Fsp3) is 0.667. The normalized spacial score (nSPS) is 12.4. The summed E-state index contributed by atoms with van der Waals surface area (Å²) in [6, 6.07) is 1.78. The molecule has 0 aliphatic heterocycles. The van der Waals surface area contributed by atoms with Crippen LogP contribution in [0, 0.1) is 0 Å². The summed E-state index contributed by atoms with van der Waals surface area (Å²) in [6.45, 7) is 7.32. The minimum absolute atomic E-state index is 0.131. The standard InChI is InChI=1S/C12H22NO4P/c1-9(2)16-18(14,17-10(3)4)8-12-11(13-5)6-7-15-12/h6-7,9-10,13H,8H2,1-5H3. The Morgan fingerprint density at radius 2 is 1.83 bits per heavy atom. The van der Waals surface area contributed by atoms with E-state index in [1.165, 1.54) is 0 Å². The lowest BCUT2D eigenvalue weighted by Gasteiger charge is -2.22. The molecule has 18 heavy (non-hydrogen) atoms. The first-order valence-electron chi connectivity index (χ1n) is 6.06. The van der Waals surface area contributed by atoms with Gasteiger partial charge in [0.2, 0.25) is 0 Å². The number of hydrogen-bond acceptors (Lipinski definition) is 5. The summed E-state index contributed by atoms with van der Waals surface area (Å²) in [7, 11) is -1.41. The molecule has 0 aliphatic rings. The third-order valence-corrected chi connectivity index (χ3v) is 4.26. The number of nitrogens with one attached hydrogen (secondary N) is 1. The van der Waals surface area contributed by atoms with E-state index in [-0.39, 0.29) is 18.4 Å². The van der Waals surface area contributed by atoms with Gasteiger partial charge in [-0.25, -0.2) is 0 Å². The maximum atomic E-state index is 12.6. The number of hydrogen-bond donors (Lipinski definition) is 1. The van der Waals surface area contributed by atoms with E-state index >= 15 is 0 Å². The van der Waals surface area contributed by atoms with Crippen LogP contribution in [0.1, 0.15) is 33.5 Å². The van der Waals surface area contributed by atoms with Crippen molar-refractivity contribution in [3.8, 4) is 0 Å². The van der Waals surface area contributed by atoms with Gasteiger partial charge in [0.1, 0.15) is 11.9 Å². The molecule has 1 heterocycles. The molecule has 0 aliphatic carbocycles. The number of furan rings is 1. The van der Waals surface area contributed by atoms with E-state index in [2.05, 4.69) is 5.32 Å². The third kappa shape index (κ3) is 4.48. The van der Waals surface area contributed by atoms with Crippen LogP contribution in [0.3, 0.4) is 0 Å². The topological polar surface area (TPSA) is 60.7 Å². The first-order chi connectivity index (χ1) is 8.36. The van der Waals surface area contributed by atoms with Crippen molar-refractivity contribution in [1.82, 2.24) is 0 Å². The first kappa shape index (κ1) is 15.3. The largest absolute Gasteiger partial charge is 0.466 e. The molecule has 0 spiro atoms. The summed E-state index contributed by atoms with van der Waals surface area (Å²) in [6.07, 6.45) is 1.35. The van der Waals surface area contributed by atoms with Gasteiger partial charge in [0.25, 0.3) is 0 Å². The van der Waals surface area contributed by atoms with Gasteiger partial charge >= 0.3 is 7.60 Å². The van der Waals surface area contributed by atoms with Crippen LogP contribution >= 0.6 is 7.60 Å². The maximum absolute atomic E-state index is 12.6. The highest BCUT2D eigenvalue weighted by Gasteiger charge is 2.30. The molecule has 104 valence electrons. The monoisotopic (exact) mass is 275 g/mol. The van der Waals surface area contributed by atoms with Gasteiger partial charge in [0.05, 0.1) is 24.2 Å². The van der Waals surface area contributed by atoms with E-state index in [1.54, 1.807) is 19.4 Å². The molecule has 0 aromatic carbocycles. The van der Waals surface area contributed by atoms with E-state index in [9.17, 15) is 4.57 Å². The molecule has 5 nitrogen and oxygen atoms in total. The maximum Gasteiger partial charge on any atom is 0.338 e. The van der Waals surface area contributed by atoms with Gasteiger partial charge in [-0.1, -0.05) is 0 Å². The Bertz CT molecular complexity index is 400. The Morgan fingerprint density at radius 1 is 1.28 bits per heavy atom. The molecule has 1 rings (SSSR count). The van der Waals surface area contributed by atoms with Gasteiger partial charge in [-0.2, -0.15) is 0 Å². The summed E-state index contributed by atoms with van der Waals surface area (Å²) >= 11 is 0. The van der Waals surface area contributed by atoms with Gasteiger partial charge in [-0.3, -0.25) is 4.57 Å². The van der Waals surface area contributed by atoms with E-state index in [0.29, 0.717) is 5.76 Å². The summed E-state index contributed by atoms with van der Waals surface area (Å²) in [4.78, 5) is 0. The zero-order valence-corrected chi connectivity index (χ0v) is 12.5. The van der Waals surface area contributed by atoms with Gasteiger partial charge in [-0.15, -0.1) is 0 Å². The Balaban J connectivity index is 2.87. The van der Waals surface area contributed by atoms with Crippen molar-refractivity contribution in [2.24, 2.45) is 0 Å². The van der Waals surface area contributed by atoms with Crippen molar-refractivity contribution in [3.05, 3.63) is 18.1 Å². The van der Waals surface area contributed by atoms with Crippen LogP contribution in [0.25, 0.3) is 0 Å². The van der Waals surface area contributed by atoms with Crippen LogP contribution in [-0.2, 0) is 19.8 Å². The summed E-state index contributed by atoms with van der Waals surface area (Å²) in [5.41, 5.74) is 0.801. The molecule has 0 radical (unpaired) electrons. The quantitative estimate of drug-likeness (QED) is 0.765.